The lowest BCUT2D eigenvalue weighted by molar-refractivity contribution is -0.144. The molecule has 0 aromatic rings. The topological polar surface area (TPSA) is 37.3 Å². The summed E-state index contributed by atoms with van der Waals surface area (Å²) in [5, 5.41) is 11.3. The van der Waals surface area contributed by atoms with Gasteiger partial charge in [-0.25, -0.2) is 0 Å². The van der Waals surface area contributed by atoms with Crippen LogP contribution in [0.25, 0.3) is 0 Å². The van der Waals surface area contributed by atoms with Gasteiger partial charge < -0.3 is 5.11 Å². The quantitative estimate of drug-likeness (QED) is 0.549. The van der Waals surface area contributed by atoms with Crippen LogP contribution in [0.2, 0.25) is 0 Å². The van der Waals surface area contributed by atoms with Crippen LogP contribution in [-0.4, -0.2) is 16.5 Å². The molecule has 0 radical (unpaired) electrons. The Bertz CT molecular complexity index is 736. The predicted octanol–water partition coefficient (Wildman–Crippen LogP) is 6.01. The van der Waals surface area contributed by atoms with Gasteiger partial charge in [0.1, 0.15) is 11.4 Å². The first-order valence-corrected chi connectivity index (χ1v) is 12.2. The van der Waals surface area contributed by atoms with Gasteiger partial charge in [-0.2, -0.15) is 0 Å². The van der Waals surface area contributed by atoms with Crippen LogP contribution in [0.3, 0.4) is 0 Å². The lowest BCUT2D eigenvalue weighted by Gasteiger charge is -2.61. The molecule has 0 spiro atoms. The molecule has 0 unspecified atom stereocenters. The zero-order valence-electron chi connectivity index (χ0n) is 19.6. The summed E-state index contributed by atoms with van der Waals surface area (Å²) < 4.78 is 0. The lowest BCUT2D eigenvalue weighted by Crippen LogP contribution is -2.56. The number of rotatable bonds is 1. The molecule has 0 aliphatic heterocycles. The molecule has 0 aromatic carbocycles. The van der Waals surface area contributed by atoms with E-state index in [0.717, 1.165) is 43.4 Å². The van der Waals surface area contributed by atoms with Crippen molar-refractivity contribution < 1.29 is 9.90 Å². The molecule has 0 aromatic heterocycles. The van der Waals surface area contributed by atoms with Crippen molar-refractivity contribution >= 4 is 5.78 Å². The van der Waals surface area contributed by atoms with Gasteiger partial charge in [-0.3, -0.25) is 4.79 Å². The van der Waals surface area contributed by atoms with Gasteiger partial charge in [-0.1, -0.05) is 25.7 Å². The van der Waals surface area contributed by atoms with Crippen molar-refractivity contribution in [3.63, 3.8) is 0 Å². The van der Waals surface area contributed by atoms with Crippen LogP contribution in [0, 0.1) is 57.7 Å². The zero-order valence-corrected chi connectivity index (χ0v) is 19.6. The third-order valence-electron chi connectivity index (χ3n) is 9.89. The number of hydrogen-bond donors (Lipinski definition) is 1. The molecule has 29 heavy (non-hydrogen) atoms. The Kier molecular flexibility index (Phi) is 5.06. The van der Waals surface area contributed by atoms with Crippen LogP contribution >= 0.6 is 0 Å². The molecule has 2 heteroatoms. The Morgan fingerprint density at radius 1 is 0.931 bits per heavy atom. The summed E-state index contributed by atoms with van der Waals surface area (Å²) in [6.07, 6.45) is 10.2. The van der Waals surface area contributed by atoms with Gasteiger partial charge >= 0.3 is 0 Å². The number of aliphatic hydroxyl groups is 1. The summed E-state index contributed by atoms with van der Waals surface area (Å²) in [4.78, 5) is 12.3. The summed E-state index contributed by atoms with van der Waals surface area (Å²) in [5.41, 5.74) is -0.268. The van der Waals surface area contributed by atoms with Gasteiger partial charge in [0.25, 0.3) is 0 Å². The van der Waals surface area contributed by atoms with Gasteiger partial charge in [0.15, 0.2) is 0 Å². The van der Waals surface area contributed by atoms with Gasteiger partial charge in [0, 0.05) is 11.3 Å². The average Bonchev–Trinajstić information content (AvgIpc) is 2.98. The van der Waals surface area contributed by atoms with Crippen LogP contribution in [0.1, 0.15) is 99.3 Å². The third-order valence-corrected chi connectivity index (χ3v) is 9.89. The molecule has 1 N–H and O–H groups in total. The normalized spacial score (nSPS) is 49.3. The molecule has 0 amide bonds. The fourth-order valence-corrected chi connectivity index (χ4v) is 8.33. The van der Waals surface area contributed by atoms with Crippen molar-refractivity contribution in [3.05, 3.63) is 0 Å². The van der Waals surface area contributed by atoms with E-state index >= 15 is 0 Å². The molecule has 4 aliphatic carbocycles. The first-order chi connectivity index (χ1) is 13.4. The molecular formula is C27H42O2. The maximum absolute atomic E-state index is 12.3. The van der Waals surface area contributed by atoms with Crippen LogP contribution in [0.15, 0.2) is 0 Å². The second-order valence-electron chi connectivity index (χ2n) is 12.7. The van der Waals surface area contributed by atoms with Crippen LogP contribution in [-0.2, 0) is 4.79 Å². The van der Waals surface area contributed by atoms with Crippen molar-refractivity contribution in [1.82, 2.24) is 0 Å². The molecule has 4 rings (SSSR count). The van der Waals surface area contributed by atoms with Gasteiger partial charge in [-0.05, 0) is 120 Å². The summed E-state index contributed by atoms with van der Waals surface area (Å²) in [7, 11) is 0. The summed E-state index contributed by atoms with van der Waals surface area (Å²) in [6.45, 7) is 13.2. The first-order valence-electron chi connectivity index (χ1n) is 12.2. The van der Waals surface area contributed by atoms with E-state index in [1.165, 1.54) is 32.1 Å². The standard InChI is InChI=1S/C27H42O2/c1-18(28)21-9-10-22-20-8-7-19-17-27(29,15-13-24(2,3)4)16-14-25(19,5)23(20)11-12-26(21,22)6/h19-23,29H,7-12,14,16-17H2,1-6H3/t19-,20+,21-,22+,23+,25+,26-,27-/m1/s1. The molecule has 4 saturated carbocycles. The van der Waals surface area contributed by atoms with Crippen LogP contribution in [0.4, 0.5) is 0 Å². The Labute approximate surface area is 178 Å². The molecule has 0 heterocycles. The molecule has 2 nitrogen and oxygen atoms in total. The minimum Gasteiger partial charge on any atom is -0.378 e. The third kappa shape index (κ3) is 3.50. The van der Waals surface area contributed by atoms with E-state index in [9.17, 15) is 9.90 Å². The lowest BCUT2D eigenvalue weighted by atomic mass is 9.44. The van der Waals surface area contributed by atoms with Gasteiger partial charge in [0.2, 0.25) is 0 Å². The molecule has 4 fully saturated rings. The molecule has 4 aliphatic rings. The highest BCUT2D eigenvalue weighted by Gasteiger charge is 2.61. The number of carbonyl (C=O) groups is 1. The maximum atomic E-state index is 12.3. The molecule has 0 bridgehead atoms. The minimum atomic E-state index is -0.791. The fourth-order valence-electron chi connectivity index (χ4n) is 8.33. The van der Waals surface area contributed by atoms with E-state index in [-0.39, 0.29) is 10.8 Å². The monoisotopic (exact) mass is 398 g/mol. The number of Topliss-reactive ketones (excluding diaryl/α,β-unsaturated/α-hetero) is 1. The molecule has 162 valence electrons. The largest absolute Gasteiger partial charge is 0.378 e. The fraction of sp³-hybridized carbons (Fsp3) is 0.889. The van der Waals surface area contributed by atoms with E-state index < -0.39 is 5.60 Å². The van der Waals surface area contributed by atoms with Crippen molar-refractivity contribution in [3.8, 4) is 11.8 Å². The Hall–Kier alpha value is -0.810. The summed E-state index contributed by atoms with van der Waals surface area (Å²) >= 11 is 0. The first kappa shape index (κ1) is 21.4. The number of hydrogen-bond acceptors (Lipinski definition) is 2. The number of ketones is 1. The van der Waals surface area contributed by atoms with Gasteiger partial charge in [-0.15, -0.1) is 0 Å². The maximum Gasteiger partial charge on any atom is 0.133 e. The minimum absolute atomic E-state index is 0.0578. The predicted molar refractivity (Wildman–Crippen MR) is 118 cm³/mol. The van der Waals surface area contributed by atoms with Gasteiger partial charge in [0.05, 0.1) is 0 Å². The van der Waals surface area contributed by atoms with E-state index in [1.54, 1.807) is 0 Å². The summed E-state index contributed by atoms with van der Waals surface area (Å²) in [6, 6.07) is 0. The van der Waals surface area contributed by atoms with Crippen LogP contribution in [0.5, 0.6) is 0 Å². The van der Waals surface area contributed by atoms with Crippen molar-refractivity contribution in [2.24, 2.45) is 45.8 Å². The SMILES string of the molecule is CC(=O)[C@H]1CC[C@H]2[C@@H]3CC[C@@H]4C[C@@](O)(C#CC(C)(C)C)CC[C@]4(C)[C@H]3CC[C@]12C. The Morgan fingerprint density at radius 3 is 2.28 bits per heavy atom. The highest BCUT2D eigenvalue weighted by Crippen LogP contribution is 2.68. The van der Waals surface area contributed by atoms with E-state index in [0.29, 0.717) is 23.0 Å². The van der Waals surface area contributed by atoms with E-state index in [1.807, 2.05) is 6.92 Å². The second-order valence-corrected chi connectivity index (χ2v) is 12.7. The average molecular weight is 399 g/mol. The zero-order chi connectivity index (χ0) is 21.2. The van der Waals surface area contributed by atoms with Crippen molar-refractivity contribution in [1.29, 1.82) is 0 Å². The Morgan fingerprint density at radius 2 is 1.62 bits per heavy atom. The van der Waals surface area contributed by atoms with Crippen molar-refractivity contribution in [2.45, 2.75) is 105 Å². The van der Waals surface area contributed by atoms with Crippen molar-refractivity contribution in [2.75, 3.05) is 0 Å². The second kappa shape index (κ2) is 6.85. The summed E-state index contributed by atoms with van der Waals surface area (Å²) in [5.74, 6) is 10.2. The smallest absolute Gasteiger partial charge is 0.133 e. The molecule has 8 atom stereocenters. The molecule has 0 saturated heterocycles. The Balaban J connectivity index is 1.55. The number of fused-ring (bicyclic) bond motifs is 5. The van der Waals surface area contributed by atoms with E-state index in [4.69, 9.17) is 0 Å². The highest BCUT2D eigenvalue weighted by molar-refractivity contribution is 5.79. The van der Waals surface area contributed by atoms with Crippen LogP contribution < -0.4 is 0 Å². The van der Waals surface area contributed by atoms with E-state index in [2.05, 4.69) is 46.5 Å². The number of carbonyl (C=O) groups excluding carboxylic acids is 1. The highest BCUT2D eigenvalue weighted by atomic mass is 16.3. The molecular weight excluding hydrogens is 356 g/mol.